The number of nitrogens with one attached hydrogen (secondary N) is 2. The number of carbonyl (C=O) groups is 1. The molecule has 19 heavy (non-hydrogen) atoms. The van der Waals surface area contributed by atoms with Gasteiger partial charge in [-0.1, -0.05) is 13.8 Å². The number of amides is 1. The molecule has 1 rings (SSSR count). The SMILES string of the molecule is CCN(CC)CC(=O)NCCN1CCNCC1.Cl.Cl. The van der Waals surface area contributed by atoms with Crippen LogP contribution in [0.2, 0.25) is 0 Å². The lowest BCUT2D eigenvalue weighted by Gasteiger charge is -2.27. The molecule has 116 valence electrons. The van der Waals surface area contributed by atoms with Crippen molar-refractivity contribution in [3.63, 3.8) is 0 Å². The lowest BCUT2D eigenvalue weighted by Crippen LogP contribution is -2.47. The Balaban J connectivity index is 0. The average Bonchev–Trinajstić information content (AvgIpc) is 2.37. The summed E-state index contributed by atoms with van der Waals surface area (Å²) in [7, 11) is 0. The van der Waals surface area contributed by atoms with E-state index >= 15 is 0 Å². The fraction of sp³-hybridized carbons (Fsp3) is 0.917. The van der Waals surface area contributed by atoms with Crippen LogP contribution in [0.1, 0.15) is 13.8 Å². The number of carbonyl (C=O) groups excluding carboxylic acids is 1. The van der Waals surface area contributed by atoms with E-state index in [-0.39, 0.29) is 30.7 Å². The molecular weight excluding hydrogens is 287 g/mol. The summed E-state index contributed by atoms with van der Waals surface area (Å²) in [6.07, 6.45) is 0. The van der Waals surface area contributed by atoms with Crippen LogP contribution in [0.15, 0.2) is 0 Å². The Morgan fingerprint density at radius 2 is 1.79 bits per heavy atom. The van der Waals surface area contributed by atoms with Gasteiger partial charge in [0, 0.05) is 39.3 Å². The summed E-state index contributed by atoms with van der Waals surface area (Å²) in [6, 6.07) is 0. The Morgan fingerprint density at radius 3 is 2.32 bits per heavy atom. The highest BCUT2D eigenvalue weighted by atomic mass is 35.5. The molecule has 0 unspecified atom stereocenters. The van der Waals surface area contributed by atoms with Crippen molar-refractivity contribution in [3.05, 3.63) is 0 Å². The monoisotopic (exact) mass is 314 g/mol. The summed E-state index contributed by atoms with van der Waals surface area (Å²) in [5.41, 5.74) is 0. The van der Waals surface area contributed by atoms with Crippen LogP contribution < -0.4 is 10.6 Å². The minimum atomic E-state index is 0. The van der Waals surface area contributed by atoms with Gasteiger partial charge in [-0.05, 0) is 13.1 Å². The van der Waals surface area contributed by atoms with Crippen LogP contribution >= 0.6 is 24.8 Å². The highest BCUT2D eigenvalue weighted by molar-refractivity contribution is 5.85. The number of hydrogen-bond acceptors (Lipinski definition) is 4. The van der Waals surface area contributed by atoms with Gasteiger partial charge in [-0.3, -0.25) is 14.6 Å². The van der Waals surface area contributed by atoms with Gasteiger partial charge in [-0.15, -0.1) is 24.8 Å². The summed E-state index contributed by atoms with van der Waals surface area (Å²) in [4.78, 5) is 16.1. The van der Waals surface area contributed by atoms with Gasteiger partial charge in [0.25, 0.3) is 0 Å². The maximum Gasteiger partial charge on any atom is 0.234 e. The molecule has 1 heterocycles. The minimum Gasteiger partial charge on any atom is -0.354 e. The number of rotatable bonds is 7. The summed E-state index contributed by atoms with van der Waals surface area (Å²) in [5, 5.41) is 6.31. The van der Waals surface area contributed by atoms with Crippen LogP contribution in [0.4, 0.5) is 0 Å². The van der Waals surface area contributed by atoms with E-state index in [0.29, 0.717) is 6.54 Å². The molecule has 1 saturated heterocycles. The molecule has 0 radical (unpaired) electrons. The van der Waals surface area contributed by atoms with E-state index in [1.54, 1.807) is 0 Å². The zero-order valence-corrected chi connectivity index (χ0v) is 13.6. The standard InChI is InChI=1S/C12H26N4O.2ClH/c1-3-15(4-2)11-12(17)14-7-10-16-8-5-13-6-9-16;;/h13H,3-11H2,1-2H3,(H,14,17);2*1H. The molecule has 0 bridgehead atoms. The average molecular weight is 315 g/mol. The van der Waals surface area contributed by atoms with E-state index in [1.807, 2.05) is 0 Å². The second-order valence-electron chi connectivity index (χ2n) is 4.40. The van der Waals surface area contributed by atoms with E-state index in [9.17, 15) is 4.79 Å². The summed E-state index contributed by atoms with van der Waals surface area (Å²) in [6.45, 7) is 12.6. The topological polar surface area (TPSA) is 47.6 Å². The van der Waals surface area contributed by atoms with Crippen LogP contribution in [-0.4, -0.2) is 74.6 Å². The van der Waals surface area contributed by atoms with Crippen molar-refractivity contribution in [2.24, 2.45) is 0 Å². The fourth-order valence-electron chi connectivity index (χ4n) is 1.99. The third kappa shape index (κ3) is 9.46. The van der Waals surface area contributed by atoms with Crippen molar-refractivity contribution in [1.29, 1.82) is 0 Å². The summed E-state index contributed by atoms with van der Waals surface area (Å²) in [5.74, 6) is 0.142. The van der Waals surface area contributed by atoms with Crippen molar-refractivity contribution < 1.29 is 4.79 Å². The molecule has 0 aromatic rings. The van der Waals surface area contributed by atoms with Gasteiger partial charge >= 0.3 is 0 Å². The summed E-state index contributed by atoms with van der Waals surface area (Å²) < 4.78 is 0. The number of halogens is 2. The molecule has 0 atom stereocenters. The van der Waals surface area contributed by atoms with Gasteiger partial charge in [0.1, 0.15) is 0 Å². The maximum absolute atomic E-state index is 11.6. The highest BCUT2D eigenvalue weighted by Gasteiger charge is 2.10. The van der Waals surface area contributed by atoms with Gasteiger partial charge in [-0.2, -0.15) is 0 Å². The van der Waals surface area contributed by atoms with Gasteiger partial charge in [0.05, 0.1) is 6.54 Å². The Bertz CT molecular complexity index is 222. The molecule has 0 aromatic heterocycles. The first-order valence-corrected chi connectivity index (χ1v) is 6.68. The van der Waals surface area contributed by atoms with Crippen LogP contribution in [0.5, 0.6) is 0 Å². The number of piperazine rings is 1. The van der Waals surface area contributed by atoms with Crippen LogP contribution in [0.25, 0.3) is 0 Å². The van der Waals surface area contributed by atoms with E-state index in [1.165, 1.54) is 0 Å². The van der Waals surface area contributed by atoms with Crippen molar-refractivity contribution >= 4 is 30.7 Å². The molecule has 1 aliphatic heterocycles. The molecule has 7 heteroatoms. The Morgan fingerprint density at radius 1 is 1.21 bits per heavy atom. The fourth-order valence-corrected chi connectivity index (χ4v) is 1.99. The first-order chi connectivity index (χ1) is 8.26. The molecule has 0 aliphatic carbocycles. The maximum atomic E-state index is 11.6. The molecule has 2 N–H and O–H groups in total. The third-order valence-corrected chi connectivity index (χ3v) is 3.22. The van der Waals surface area contributed by atoms with E-state index < -0.39 is 0 Å². The van der Waals surface area contributed by atoms with E-state index in [4.69, 9.17) is 0 Å². The number of likely N-dealkylation sites (N-methyl/N-ethyl adjacent to an activating group) is 1. The van der Waals surface area contributed by atoms with Gasteiger partial charge in [0.2, 0.25) is 5.91 Å². The zero-order chi connectivity index (χ0) is 12.5. The number of nitrogens with zero attached hydrogens (tertiary/aromatic N) is 2. The Kier molecular flexibility index (Phi) is 14.5. The second kappa shape index (κ2) is 12.9. The van der Waals surface area contributed by atoms with Gasteiger partial charge in [0.15, 0.2) is 0 Å². The Labute approximate surface area is 129 Å². The molecular formula is C12H28Cl2N4O. The number of hydrogen-bond donors (Lipinski definition) is 2. The lowest BCUT2D eigenvalue weighted by atomic mass is 10.3. The molecule has 0 spiro atoms. The lowest BCUT2D eigenvalue weighted by molar-refractivity contribution is -0.122. The summed E-state index contributed by atoms with van der Waals surface area (Å²) >= 11 is 0. The van der Waals surface area contributed by atoms with E-state index in [0.717, 1.165) is 52.4 Å². The zero-order valence-electron chi connectivity index (χ0n) is 12.0. The van der Waals surface area contributed by atoms with Crippen molar-refractivity contribution in [3.8, 4) is 0 Å². The quantitative estimate of drug-likeness (QED) is 0.704. The predicted octanol–water partition coefficient (Wildman–Crippen LogP) is 0.193. The third-order valence-electron chi connectivity index (χ3n) is 3.22. The van der Waals surface area contributed by atoms with Crippen LogP contribution in [0, 0.1) is 0 Å². The normalized spacial score (nSPS) is 15.5. The second-order valence-corrected chi connectivity index (χ2v) is 4.40. The Hall–Kier alpha value is -0.0700. The van der Waals surface area contributed by atoms with Gasteiger partial charge < -0.3 is 10.6 Å². The van der Waals surface area contributed by atoms with Crippen LogP contribution in [-0.2, 0) is 4.79 Å². The molecule has 1 aliphatic rings. The minimum absolute atomic E-state index is 0. The molecule has 5 nitrogen and oxygen atoms in total. The van der Waals surface area contributed by atoms with E-state index in [2.05, 4.69) is 34.3 Å². The van der Waals surface area contributed by atoms with Gasteiger partial charge in [-0.25, -0.2) is 0 Å². The predicted molar refractivity (Wildman–Crippen MR) is 84.6 cm³/mol. The van der Waals surface area contributed by atoms with Crippen LogP contribution in [0.3, 0.4) is 0 Å². The largest absolute Gasteiger partial charge is 0.354 e. The van der Waals surface area contributed by atoms with Crippen molar-refractivity contribution in [1.82, 2.24) is 20.4 Å². The highest BCUT2D eigenvalue weighted by Crippen LogP contribution is 1.90. The molecule has 1 fully saturated rings. The first-order valence-electron chi connectivity index (χ1n) is 6.68. The first kappa shape index (κ1) is 21.2. The smallest absolute Gasteiger partial charge is 0.234 e. The molecule has 1 amide bonds. The molecule has 0 aromatic carbocycles. The van der Waals surface area contributed by atoms with Crippen molar-refractivity contribution in [2.75, 3.05) is 58.9 Å². The molecule has 0 saturated carbocycles. The van der Waals surface area contributed by atoms with Crippen molar-refractivity contribution in [2.45, 2.75) is 13.8 Å².